The molecule has 33 heavy (non-hydrogen) atoms. The molecule has 0 aliphatic carbocycles. The zero-order chi connectivity index (χ0) is 24.2. The molecule has 1 N–H and O–H groups in total. The number of carbonyl (C=O) groups excluding carboxylic acids is 2. The van der Waals surface area contributed by atoms with Gasteiger partial charge >= 0.3 is 0 Å². The molecule has 3 rings (SSSR count). The topological polar surface area (TPSA) is 130 Å². The molecule has 1 aliphatic rings. The van der Waals surface area contributed by atoms with Gasteiger partial charge in [-0.1, -0.05) is 12.1 Å². The zero-order valence-corrected chi connectivity index (χ0v) is 19.9. The molecule has 0 atom stereocenters. The molecule has 1 heterocycles. The summed E-state index contributed by atoms with van der Waals surface area (Å²) < 4.78 is 57.6. The van der Waals surface area contributed by atoms with Crippen molar-refractivity contribution in [2.24, 2.45) is 0 Å². The van der Waals surface area contributed by atoms with Crippen molar-refractivity contribution in [1.82, 2.24) is 4.31 Å². The largest absolute Gasteiger partial charge is 0.379 e. The van der Waals surface area contributed by atoms with E-state index >= 15 is 0 Å². The van der Waals surface area contributed by atoms with E-state index in [1.807, 2.05) is 0 Å². The Hall–Kier alpha value is -2.80. The molecule has 0 saturated carbocycles. The fraction of sp³-hybridized carbons (Fsp3) is 0.333. The highest BCUT2D eigenvalue weighted by Crippen LogP contribution is 2.23. The first-order valence-electron chi connectivity index (χ1n) is 10.0. The van der Waals surface area contributed by atoms with Gasteiger partial charge in [-0.3, -0.25) is 13.9 Å². The van der Waals surface area contributed by atoms with Crippen LogP contribution >= 0.6 is 0 Å². The van der Waals surface area contributed by atoms with Crippen molar-refractivity contribution in [2.75, 3.05) is 48.7 Å². The fourth-order valence-electron chi connectivity index (χ4n) is 3.27. The summed E-state index contributed by atoms with van der Waals surface area (Å²) in [6.07, 6.45) is 0.953. The van der Waals surface area contributed by atoms with E-state index in [-0.39, 0.29) is 29.5 Å². The minimum absolute atomic E-state index is 0.0205. The Balaban J connectivity index is 1.78. The number of morpholine rings is 1. The summed E-state index contributed by atoms with van der Waals surface area (Å²) in [7, 11) is -7.59. The molecule has 1 saturated heterocycles. The van der Waals surface area contributed by atoms with Gasteiger partial charge in [-0.25, -0.2) is 16.8 Å². The van der Waals surface area contributed by atoms with E-state index in [2.05, 4.69) is 5.32 Å². The van der Waals surface area contributed by atoms with Gasteiger partial charge in [0.05, 0.1) is 30.1 Å². The highest BCUT2D eigenvalue weighted by atomic mass is 32.2. The van der Waals surface area contributed by atoms with Gasteiger partial charge in [-0.15, -0.1) is 0 Å². The molecule has 2 aromatic carbocycles. The van der Waals surface area contributed by atoms with E-state index in [9.17, 15) is 26.4 Å². The summed E-state index contributed by atoms with van der Waals surface area (Å²) in [5, 5.41) is 2.58. The number of nitrogens with one attached hydrogen (secondary N) is 1. The molecular formula is C21H25N3O7S2. The second kappa shape index (κ2) is 10.00. The summed E-state index contributed by atoms with van der Waals surface area (Å²) in [5.74, 6) is -0.790. The van der Waals surface area contributed by atoms with Crippen LogP contribution in [0.15, 0.2) is 53.4 Å². The van der Waals surface area contributed by atoms with E-state index < -0.39 is 32.5 Å². The van der Waals surface area contributed by atoms with Gasteiger partial charge < -0.3 is 10.1 Å². The number of rotatable bonds is 8. The van der Waals surface area contributed by atoms with Crippen LogP contribution in [0.2, 0.25) is 0 Å². The third kappa shape index (κ3) is 6.16. The predicted octanol–water partition coefficient (Wildman–Crippen LogP) is 1.31. The molecule has 178 valence electrons. The summed E-state index contributed by atoms with van der Waals surface area (Å²) in [6, 6.07) is 11.6. The van der Waals surface area contributed by atoms with E-state index in [0.717, 1.165) is 10.6 Å². The number of nitrogens with zero attached hydrogens (tertiary/aromatic N) is 2. The maximum Gasteiger partial charge on any atom is 0.245 e. The maximum atomic E-state index is 12.8. The summed E-state index contributed by atoms with van der Waals surface area (Å²) in [6.45, 7) is 1.97. The second-order valence-electron chi connectivity index (χ2n) is 7.47. The number of benzene rings is 2. The quantitative estimate of drug-likeness (QED) is 0.547. The van der Waals surface area contributed by atoms with E-state index in [0.29, 0.717) is 24.5 Å². The summed E-state index contributed by atoms with van der Waals surface area (Å²) in [5.41, 5.74) is 0.906. The van der Waals surface area contributed by atoms with Gasteiger partial charge in [0.15, 0.2) is 5.78 Å². The molecule has 10 nitrogen and oxygen atoms in total. The average Bonchev–Trinajstić information content (AvgIpc) is 2.77. The van der Waals surface area contributed by atoms with Crippen LogP contribution in [0, 0.1) is 0 Å². The van der Waals surface area contributed by atoms with Gasteiger partial charge in [-0.05, 0) is 43.3 Å². The van der Waals surface area contributed by atoms with Gasteiger partial charge in [0, 0.05) is 24.3 Å². The summed E-state index contributed by atoms with van der Waals surface area (Å²) in [4.78, 5) is 24.1. The number of Topliss-reactive ketones (excluding diaryl/α,β-unsaturated/α-hetero) is 1. The van der Waals surface area contributed by atoms with Gasteiger partial charge in [0.2, 0.25) is 26.0 Å². The van der Waals surface area contributed by atoms with Gasteiger partial charge in [0.1, 0.15) is 6.54 Å². The molecule has 1 fully saturated rings. The molecule has 12 heteroatoms. The minimum Gasteiger partial charge on any atom is -0.379 e. The van der Waals surface area contributed by atoms with E-state index in [4.69, 9.17) is 4.74 Å². The molecule has 0 aromatic heterocycles. The van der Waals surface area contributed by atoms with E-state index in [1.165, 1.54) is 41.6 Å². The second-order valence-corrected chi connectivity index (χ2v) is 11.3. The number of anilines is 2. The van der Waals surface area contributed by atoms with Crippen LogP contribution in [-0.2, 0) is 29.6 Å². The Bertz CT molecular complexity index is 1240. The van der Waals surface area contributed by atoms with Crippen LogP contribution in [0.3, 0.4) is 0 Å². The van der Waals surface area contributed by atoms with Crippen molar-refractivity contribution in [3.05, 3.63) is 54.1 Å². The van der Waals surface area contributed by atoms with Gasteiger partial charge in [-0.2, -0.15) is 4.31 Å². The van der Waals surface area contributed by atoms with Crippen LogP contribution in [0.1, 0.15) is 17.3 Å². The van der Waals surface area contributed by atoms with Crippen LogP contribution in [0.5, 0.6) is 0 Å². The van der Waals surface area contributed by atoms with Gasteiger partial charge in [0.25, 0.3) is 0 Å². The molecular weight excluding hydrogens is 470 g/mol. The van der Waals surface area contributed by atoms with Crippen LogP contribution in [0.25, 0.3) is 0 Å². The van der Waals surface area contributed by atoms with Crippen molar-refractivity contribution in [3.8, 4) is 0 Å². The highest BCUT2D eigenvalue weighted by Gasteiger charge is 2.27. The zero-order valence-electron chi connectivity index (χ0n) is 18.2. The Kier molecular flexibility index (Phi) is 7.52. The molecule has 1 aliphatic heterocycles. The standard InChI is InChI=1S/C21H25N3O7S2/c1-16(25)17-4-3-5-18(14-17)22-21(26)15-24(32(2,27)28)19-6-8-20(9-7-19)33(29,30)23-10-12-31-13-11-23/h3-9,14H,10-13,15H2,1-2H3,(H,22,26). The monoisotopic (exact) mass is 495 g/mol. The third-order valence-corrected chi connectivity index (χ3v) is 8.03. The number of hydrogen-bond donors (Lipinski definition) is 1. The van der Waals surface area contributed by atoms with Crippen LogP contribution in [-0.4, -0.2) is 71.9 Å². The Morgan fingerprint density at radius 2 is 1.67 bits per heavy atom. The fourth-order valence-corrected chi connectivity index (χ4v) is 5.53. The number of ketones is 1. The lowest BCUT2D eigenvalue weighted by Crippen LogP contribution is -2.40. The number of sulfonamides is 2. The van der Waals surface area contributed by atoms with Crippen molar-refractivity contribution in [3.63, 3.8) is 0 Å². The first-order valence-corrected chi connectivity index (χ1v) is 13.3. The minimum atomic E-state index is -3.85. The van der Waals surface area contributed by atoms with Crippen LogP contribution in [0.4, 0.5) is 11.4 Å². The molecule has 0 bridgehead atoms. The summed E-state index contributed by atoms with van der Waals surface area (Å²) >= 11 is 0. The predicted molar refractivity (Wildman–Crippen MR) is 123 cm³/mol. The molecule has 2 aromatic rings. The lowest BCUT2D eigenvalue weighted by atomic mass is 10.1. The average molecular weight is 496 g/mol. The Morgan fingerprint density at radius 3 is 2.24 bits per heavy atom. The lowest BCUT2D eigenvalue weighted by molar-refractivity contribution is -0.114. The number of amides is 1. The first-order chi connectivity index (χ1) is 15.5. The van der Waals surface area contributed by atoms with Crippen LogP contribution < -0.4 is 9.62 Å². The highest BCUT2D eigenvalue weighted by molar-refractivity contribution is 7.92. The SMILES string of the molecule is CC(=O)c1cccc(NC(=O)CN(c2ccc(S(=O)(=O)N3CCOCC3)cc2)S(C)(=O)=O)c1. The normalized spacial score (nSPS) is 15.1. The lowest BCUT2D eigenvalue weighted by Gasteiger charge is -2.26. The van der Waals surface area contributed by atoms with E-state index in [1.54, 1.807) is 18.2 Å². The van der Waals surface area contributed by atoms with Crippen molar-refractivity contribution in [2.45, 2.75) is 11.8 Å². The number of carbonyl (C=O) groups is 2. The molecule has 0 spiro atoms. The Labute approximate surface area is 193 Å². The van der Waals surface area contributed by atoms with Crippen molar-refractivity contribution < 1.29 is 31.2 Å². The number of ether oxygens (including phenoxy) is 1. The number of hydrogen-bond acceptors (Lipinski definition) is 7. The molecule has 0 radical (unpaired) electrons. The third-order valence-electron chi connectivity index (χ3n) is 4.97. The first kappa shape index (κ1) is 24.8. The smallest absolute Gasteiger partial charge is 0.245 e. The molecule has 0 unspecified atom stereocenters. The van der Waals surface area contributed by atoms with Crippen molar-refractivity contribution >= 4 is 43.1 Å². The maximum absolute atomic E-state index is 12.8. The molecule has 1 amide bonds. The van der Waals surface area contributed by atoms with Crippen molar-refractivity contribution in [1.29, 1.82) is 0 Å². The Morgan fingerprint density at radius 1 is 1.03 bits per heavy atom.